The van der Waals surface area contributed by atoms with Gasteiger partial charge in [-0.1, -0.05) is 30.3 Å². The van der Waals surface area contributed by atoms with E-state index in [1.165, 1.54) is 0 Å². The van der Waals surface area contributed by atoms with Crippen LogP contribution in [0.15, 0.2) is 66.6 Å². The molecular weight excluding hydrogens is 512 g/mol. The van der Waals surface area contributed by atoms with E-state index in [2.05, 4.69) is 22.4 Å². The quantitative estimate of drug-likeness (QED) is 0.231. The Hall–Kier alpha value is -3.37. The number of rotatable bonds is 16. The first-order chi connectivity index (χ1) is 19.6. The van der Waals surface area contributed by atoms with Crippen molar-refractivity contribution in [3.8, 4) is 5.75 Å². The van der Waals surface area contributed by atoms with Crippen LogP contribution >= 0.6 is 0 Å². The van der Waals surface area contributed by atoms with Gasteiger partial charge in [-0.3, -0.25) is 4.79 Å². The number of aliphatic hydroxyl groups excluding tert-OH is 1. The van der Waals surface area contributed by atoms with E-state index in [4.69, 9.17) is 28.8 Å². The van der Waals surface area contributed by atoms with Gasteiger partial charge in [-0.15, -0.1) is 0 Å². The molecule has 3 aromatic rings. The van der Waals surface area contributed by atoms with Crippen LogP contribution in [0.2, 0.25) is 0 Å². The van der Waals surface area contributed by atoms with E-state index in [1.54, 1.807) is 7.11 Å². The molecule has 0 saturated carbocycles. The smallest absolute Gasteiger partial charge is 0.286 e. The van der Waals surface area contributed by atoms with E-state index in [-0.39, 0.29) is 30.1 Å². The predicted octanol–water partition coefficient (Wildman–Crippen LogP) is 3.93. The van der Waals surface area contributed by atoms with Crippen LogP contribution in [-0.2, 0) is 30.2 Å². The first kappa shape index (κ1) is 29.6. The number of carbonyl (C=O) groups excluding carboxylic acids is 1. The summed E-state index contributed by atoms with van der Waals surface area (Å²) in [5, 5.41) is 12.9. The summed E-state index contributed by atoms with van der Waals surface area (Å²) in [7, 11) is 1.65. The second-order valence-electron chi connectivity index (χ2n) is 9.54. The van der Waals surface area contributed by atoms with Crippen molar-refractivity contribution in [2.45, 2.75) is 32.0 Å². The summed E-state index contributed by atoms with van der Waals surface area (Å²) in [4.78, 5) is 16.5. The fourth-order valence-corrected chi connectivity index (χ4v) is 4.99. The standard InChI is InChI=1S/C31H40N2O7/c1-3-39-31-25(12-15-37-17-18-38-16-14-34)26(22-7-5-4-6-8-22)20-29(40-31)30(35)32-13-11-23-21-33-28-10-9-24(36-2)19-27(23)28/h4-10,19-21,25-26,31,33-34H,3,11-18H2,1-2H3,(H,32,35)/t25-,26+,31+/m1/s1. The molecule has 0 aliphatic carbocycles. The number of nitrogens with one attached hydrogen (secondary N) is 2. The van der Waals surface area contributed by atoms with Crippen molar-refractivity contribution in [3.63, 3.8) is 0 Å². The Labute approximate surface area is 235 Å². The maximum absolute atomic E-state index is 13.3. The Morgan fingerprint density at radius 2 is 1.88 bits per heavy atom. The summed E-state index contributed by atoms with van der Waals surface area (Å²) in [6.07, 6.45) is 4.63. The van der Waals surface area contributed by atoms with Gasteiger partial charge in [0.25, 0.3) is 5.91 Å². The van der Waals surface area contributed by atoms with Crippen LogP contribution in [0, 0.1) is 5.92 Å². The summed E-state index contributed by atoms with van der Waals surface area (Å²) in [5.74, 6) is 0.671. The number of H-pyrrole nitrogens is 1. The van der Waals surface area contributed by atoms with Gasteiger partial charge in [0.2, 0.25) is 6.29 Å². The van der Waals surface area contributed by atoms with Crippen molar-refractivity contribution in [2.75, 3.05) is 53.3 Å². The Morgan fingerprint density at radius 3 is 2.62 bits per heavy atom. The van der Waals surface area contributed by atoms with Gasteiger partial charge in [-0.25, -0.2) is 0 Å². The molecule has 0 radical (unpaired) electrons. The van der Waals surface area contributed by atoms with Gasteiger partial charge in [0.05, 0.1) is 33.5 Å². The lowest BCUT2D eigenvalue weighted by Gasteiger charge is -2.37. The second kappa shape index (κ2) is 15.4. The van der Waals surface area contributed by atoms with Crippen molar-refractivity contribution in [1.29, 1.82) is 0 Å². The van der Waals surface area contributed by atoms with Gasteiger partial charge in [-0.2, -0.15) is 0 Å². The van der Waals surface area contributed by atoms with E-state index in [9.17, 15) is 4.79 Å². The number of hydrogen-bond acceptors (Lipinski definition) is 7. The number of ether oxygens (including phenoxy) is 5. The SMILES string of the molecule is CCO[C@H]1OC(C(=O)NCCc2c[nH]c3ccc(OC)cc23)=C[C@@H](c2ccccc2)[C@H]1CCOCCOCCO. The summed E-state index contributed by atoms with van der Waals surface area (Å²) >= 11 is 0. The molecule has 3 atom stereocenters. The zero-order chi connectivity index (χ0) is 28.2. The normalized spacial score (nSPS) is 18.8. The Kier molecular flexibility index (Phi) is 11.4. The number of benzene rings is 2. The molecule has 1 aliphatic rings. The fraction of sp³-hybridized carbons (Fsp3) is 0.452. The van der Waals surface area contributed by atoms with Crippen molar-refractivity contribution < 1.29 is 33.6 Å². The molecule has 1 aromatic heterocycles. The molecule has 9 heteroatoms. The van der Waals surface area contributed by atoms with Crippen LogP contribution in [0.5, 0.6) is 5.75 Å². The Balaban J connectivity index is 1.42. The third kappa shape index (κ3) is 7.85. The molecular formula is C31H40N2O7. The first-order valence-corrected chi connectivity index (χ1v) is 13.9. The highest BCUT2D eigenvalue weighted by atomic mass is 16.7. The van der Waals surface area contributed by atoms with Gasteiger partial charge < -0.3 is 39.1 Å². The van der Waals surface area contributed by atoms with Crippen molar-refractivity contribution >= 4 is 16.8 Å². The molecule has 9 nitrogen and oxygen atoms in total. The van der Waals surface area contributed by atoms with E-state index >= 15 is 0 Å². The minimum atomic E-state index is -0.587. The number of allylic oxidation sites excluding steroid dienone is 1. The van der Waals surface area contributed by atoms with Crippen LogP contribution in [0.25, 0.3) is 10.9 Å². The maximum Gasteiger partial charge on any atom is 0.286 e. The van der Waals surface area contributed by atoms with Crippen LogP contribution in [0.1, 0.15) is 30.4 Å². The molecule has 1 aliphatic heterocycles. The Bertz CT molecular complexity index is 1230. The molecule has 4 rings (SSSR count). The zero-order valence-corrected chi connectivity index (χ0v) is 23.3. The van der Waals surface area contributed by atoms with Gasteiger partial charge in [0.1, 0.15) is 5.75 Å². The van der Waals surface area contributed by atoms with E-state index < -0.39 is 6.29 Å². The highest BCUT2D eigenvalue weighted by Crippen LogP contribution is 2.38. The van der Waals surface area contributed by atoms with Gasteiger partial charge in [-0.05, 0) is 55.2 Å². The molecule has 0 saturated heterocycles. The fourth-order valence-electron chi connectivity index (χ4n) is 4.99. The number of fused-ring (bicyclic) bond motifs is 1. The third-order valence-corrected chi connectivity index (χ3v) is 6.98. The predicted molar refractivity (Wildman–Crippen MR) is 152 cm³/mol. The van der Waals surface area contributed by atoms with E-state index in [1.807, 2.05) is 55.6 Å². The molecule has 0 spiro atoms. The lowest BCUT2D eigenvalue weighted by molar-refractivity contribution is -0.168. The van der Waals surface area contributed by atoms with Crippen LogP contribution in [-0.4, -0.2) is 75.6 Å². The van der Waals surface area contributed by atoms with Crippen molar-refractivity contribution in [1.82, 2.24) is 10.3 Å². The molecule has 1 amide bonds. The molecule has 0 unspecified atom stereocenters. The highest BCUT2D eigenvalue weighted by Gasteiger charge is 2.37. The van der Waals surface area contributed by atoms with Crippen molar-refractivity contribution in [2.24, 2.45) is 5.92 Å². The minimum Gasteiger partial charge on any atom is -0.497 e. The molecule has 2 aromatic carbocycles. The minimum absolute atomic E-state index is 0.00525. The second-order valence-corrected chi connectivity index (χ2v) is 9.54. The average Bonchev–Trinajstić information content (AvgIpc) is 3.39. The first-order valence-electron chi connectivity index (χ1n) is 13.9. The Morgan fingerprint density at radius 1 is 1.07 bits per heavy atom. The number of aromatic amines is 1. The number of hydrogen-bond donors (Lipinski definition) is 3. The number of aromatic nitrogens is 1. The molecule has 2 heterocycles. The summed E-state index contributed by atoms with van der Waals surface area (Å²) < 4.78 is 28.6. The molecule has 0 bridgehead atoms. The largest absolute Gasteiger partial charge is 0.497 e. The van der Waals surface area contributed by atoms with Gasteiger partial charge in [0, 0.05) is 48.7 Å². The monoisotopic (exact) mass is 552 g/mol. The molecule has 0 fully saturated rings. The van der Waals surface area contributed by atoms with Crippen LogP contribution in [0.4, 0.5) is 0 Å². The van der Waals surface area contributed by atoms with Crippen LogP contribution < -0.4 is 10.1 Å². The lowest BCUT2D eigenvalue weighted by atomic mass is 9.81. The molecule has 3 N–H and O–H groups in total. The summed E-state index contributed by atoms with van der Waals surface area (Å²) in [5.41, 5.74) is 3.21. The average molecular weight is 553 g/mol. The highest BCUT2D eigenvalue weighted by molar-refractivity contribution is 5.92. The number of carbonyl (C=O) groups is 1. The van der Waals surface area contributed by atoms with Crippen LogP contribution in [0.3, 0.4) is 0 Å². The topological polar surface area (TPSA) is 111 Å². The van der Waals surface area contributed by atoms with Crippen molar-refractivity contribution in [3.05, 3.63) is 77.7 Å². The molecule has 40 heavy (non-hydrogen) atoms. The van der Waals surface area contributed by atoms with E-state index in [0.29, 0.717) is 52.4 Å². The summed E-state index contributed by atoms with van der Waals surface area (Å²) in [6.45, 7) is 4.48. The summed E-state index contributed by atoms with van der Waals surface area (Å²) in [6, 6.07) is 16.0. The van der Waals surface area contributed by atoms with E-state index in [0.717, 1.165) is 27.8 Å². The zero-order valence-electron chi connectivity index (χ0n) is 23.3. The number of methoxy groups -OCH3 is 1. The van der Waals surface area contributed by atoms with Gasteiger partial charge in [0.15, 0.2) is 5.76 Å². The third-order valence-electron chi connectivity index (χ3n) is 6.98. The molecule has 216 valence electrons. The number of amides is 1. The van der Waals surface area contributed by atoms with Gasteiger partial charge >= 0.3 is 0 Å². The number of aliphatic hydroxyl groups is 1. The maximum atomic E-state index is 13.3. The lowest BCUT2D eigenvalue weighted by Crippen LogP contribution is -2.39.